The van der Waals surface area contributed by atoms with Gasteiger partial charge in [0.2, 0.25) is 0 Å². The Labute approximate surface area is 127 Å². The van der Waals surface area contributed by atoms with Gasteiger partial charge in [-0.3, -0.25) is 0 Å². The van der Waals surface area contributed by atoms with Gasteiger partial charge in [0.15, 0.2) is 11.5 Å². The summed E-state index contributed by atoms with van der Waals surface area (Å²) in [5.74, 6) is 1.49. The maximum Gasteiger partial charge on any atom is 0.162 e. The summed E-state index contributed by atoms with van der Waals surface area (Å²) in [5.41, 5.74) is 1.08. The Balaban J connectivity index is 3.08. The number of hydrogen-bond donors (Lipinski definition) is 1. The molecule has 1 rings (SSSR count). The zero-order chi connectivity index (χ0) is 15.0. The topological polar surface area (TPSA) is 30.5 Å². The highest BCUT2D eigenvalue weighted by atomic mass is 35.5. The van der Waals surface area contributed by atoms with Crippen molar-refractivity contribution < 1.29 is 9.47 Å². The lowest BCUT2D eigenvalue weighted by Gasteiger charge is -2.20. The third kappa shape index (κ3) is 4.57. The van der Waals surface area contributed by atoms with E-state index in [1.807, 2.05) is 33.0 Å². The number of hydrogen-bond acceptors (Lipinski definition) is 3. The molecule has 0 heterocycles. The Hall–Kier alpha value is -0.930. The molecule has 0 bridgehead atoms. The molecule has 1 unspecified atom stereocenters. The summed E-state index contributed by atoms with van der Waals surface area (Å²) in [4.78, 5) is 0. The summed E-state index contributed by atoms with van der Waals surface area (Å²) < 4.78 is 11.3. The summed E-state index contributed by atoms with van der Waals surface area (Å²) >= 11 is 6.41. The van der Waals surface area contributed by atoms with Crippen LogP contribution in [0.2, 0.25) is 5.02 Å². The van der Waals surface area contributed by atoms with E-state index < -0.39 is 0 Å². The van der Waals surface area contributed by atoms with Crippen molar-refractivity contribution in [3.8, 4) is 11.5 Å². The molecular formula is C16H26ClNO2. The smallest absolute Gasteiger partial charge is 0.162 e. The molecule has 0 fully saturated rings. The Bertz CT molecular complexity index is 410. The van der Waals surface area contributed by atoms with E-state index in [0.29, 0.717) is 19.0 Å². The van der Waals surface area contributed by atoms with Gasteiger partial charge in [-0.1, -0.05) is 31.4 Å². The number of benzene rings is 1. The lowest BCUT2D eigenvalue weighted by molar-refractivity contribution is 0.287. The Morgan fingerprint density at radius 1 is 1.10 bits per heavy atom. The normalized spacial score (nSPS) is 12.2. The minimum atomic E-state index is 0.248. The van der Waals surface area contributed by atoms with E-state index >= 15 is 0 Å². The van der Waals surface area contributed by atoms with Gasteiger partial charge in [-0.15, -0.1) is 0 Å². The van der Waals surface area contributed by atoms with Crippen LogP contribution in [0.5, 0.6) is 11.5 Å². The number of rotatable bonds is 9. The van der Waals surface area contributed by atoms with Crippen LogP contribution in [0.3, 0.4) is 0 Å². The van der Waals surface area contributed by atoms with Crippen LogP contribution in [-0.2, 0) is 0 Å². The molecule has 0 amide bonds. The molecule has 1 N–H and O–H groups in total. The first-order chi connectivity index (χ1) is 9.67. The molecule has 20 heavy (non-hydrogen) atoms. The Morgan fingerprint density at radius 3 is 2.20 bits per heavy atom. The highest BCUT2D eigenvalue weighted by molar-refractivity contribution is 6.31. The maximum absolute atomic E-state index is 6.41. The second-order valence-corrected chi connectivity index (χ2v) is 5.08. The van der Waals surface area contributed by atoms with Gasteiger partial charge in [-0.2, -0.15) is 0 Å². The van der Waals surface area contributed by atoms with E-state index in [-0.39, 0.29) is 6.04 Å². The van der Waals surface area contributed by atoms with E-state index in [0.717, 1.165) is 22.8 Å². The molecule has 0 saturated heterocycles. The monoisotopic (exact) mass is 299 g/mol. The van der Waals surface area contributed by atoms with Crippen LogP contribution in [0.4, 0.5) is 0 Å². The Kier molecular flexibility index (Phi) is 7.78. The molecule has 0 saturated carbocycles. The second-order valence-electron chi connectivity index (χ2n) is 4.67. The molecule has 0 radical (unpaired) electrons. The number of unbranched alkanes of at least 4 members (excludes halogenated alkanes) is 1. The van der Waals surface area contributed by atoms with Crippen LogP contribution in [-0.4, -0.2) is 20.3 Å². The molecular weight excluding hydrogens is 274 g/mol. The zero-order valence-corrected chi connectivity index (χ0v) is 13.7. The first kappa shape index (κ1) is 17.1. The lowest BCUT2D eigenvalue weighted by Crippen LogP contribution is -2.17. The fourth-order valence-electron chi connectivity index (χ4n) is 2.22. The van der Waals surface area contributed by atoms with Gasteiger partial charge in [0, 0.05) is 17.1 Å². The number of halogens is 1. The maximum atomic E-state index is 6.41. The molecule has 0 aliphatic heterocycles. The van der Waals surface area contributed by atoms with E-state index in [1.54, 1.807) is 0 Å². The highest BCUT2D eigenvalue weighted by Crippen LogP contribution is 2.37. The Morgan fingerprint density at radius 2 is 1.70 bits per heavy atom. The summed E-state index contributed by atoms with van der Waals surface area (Å²) in [6.07, 6.45) is 3.40. The fourth-order valence-corrected chi connectivity index (χ4v) is 2.50. The zero-order valence-electron chi connectivity index (χ0n) is 13.0. The molecule has 0 aliphatic rings. The molecule has 1 aromatic rings. The lowest BCUT2D eigenvalue weighted by atomic mass is 10.0. The SMILES string of the molecule is CCCCC(NC)c1cc(OCC)c(OCC)cc1Cl. The standard InChI is InChI=1S/C16H26ClNO2/c1-5-8-9-14(18-4)12-10-15(19-6-2)16(20-7-3)11-13(12)17/h10-11,14,18H,5-9H2,1-4H3. The molecule has 0 aliphatic carbocycles. The summed E-state index contributed by atoms with van der Waals surface area (Å²) in [7, 11) is 1.97. The van der Waals surface area contributed by atoms with Crippen LogP contribution >= 0.6 is 11.6 Å². The van der Waals surface area contributed by atoms with Gasteiger partial charge >= 0.3 is 0 Å². The first-order valence-corrected chi connectivity index (χ1v) is 7.81. The minimum Gasteiger partial charge on any atom is -0.490 e. The van der Waals surface area contributed by atoms with Crippen molar-refractivity contribution in [1.82, 2.24) is 5.32 Å². The largest absolute Gasteiger partial charge is 0.490 e. The highest BCUT2D eigenvalue weighted by Gasteiger charge is 2.17. The van der Waals surface area contributed by atoms with Gasteiger partial charge in [-0.25, -0.2) is 0 Å². The third-order valence-corrected chi connectivity index (χ3v) is 3.56. The fraction of sp³-hybridized carbons (Fsp3) is 0.625. The van der Waals surface area contributed by atoms with Crippen LogP contribution < -0.4 is 14.8 Å². The van der Waals surface area contributed by atoms with Crippen molar-refractivity contribution in [1.29, 1.82) is 0 Å². The van der Waals surface area contributed by atoms with E-state index in [1.165, 1.54) is 12.8 Å². The minimum absolute atomic E-state index is 0.248. The average molecular weight is 300 g/mol. The average Bonchev–Trinajstić information content (AvgIpc) is 2.44. The van der Waals surface area contributed by atoms with Crippen LogP contribution in [0.15, 0.2) is 12.1 Å². The number of ether oxygens (including phenoxy) is 2. The predicted octanol–water partition coefficient (Wildman–Crippen LogP) is 4.59. The van der Waals surface area contributed by atoms with E-state index in [2.05, 4.69) is 12.2 Å². The molecule has 0 aromatic heterocycles. The molecule has 1 aromatic carbocycles. The van der Waals surface area contributed by atoms with Gasteiger partial charge < -0.3 is 14.8 Å². The van der Waals surface area contributed by atoms with Crippen molar-refractivity contribution >= 4 is 11.6 Å². The van der Waals surface area contributed by atoms with Crippen molar-refractivity contribution in [3.05, 3.63) is 22.7 Å². The van der Waals surface area contributed by atoms with Gasteiger partial charge in [0.05, 0.1) is 13.2 Å². The quantitative estimate of drug-likeness (QED) is 0.723. The predicted molar refractivity (Wildman–Crippen MR) is 85.1 cm³/mol. The third-order valence-electron chi connectivity index (χ3n) is 3.23. The van der Waals surface area contributed by atoms with Gasteiger partial charge in [0.25, 0.3) is 0 Å². The summed E-state index contributed by atoms with van der Waals surface area (Å²) in [5, 5.41) is 4.06. The molecule has 3 nitrogen and oxygen atoms in total. The van der Waals surface area contributed by atoms with Crippen LogP contribution in [0, 0.1) is 0 Å². The molecule has 1 atom stereocenters. The number of nitrogens with one attached hydrogen (secondary N) is 1. The van der Waals surface area contributed by atoms with E-state index in [9.17, 15) is 0 Å². The van der Waals surface area contributed by atoms with Gasteiger partial charge in [0.1, 0.15) is 0 Å². The van der Waals surface area contributed by atoms with Gasteiger partial charge in [-0.05, 0) is 38.9 Å². The molecule has 4 heteroatoms. The second kappa shape index (κ2) is 9.09. The molecule has 0 spiro atoms. The van der Waals surface area contributed by atoms with Crippen molar-refractivity contribution in [2.24, 2.45) is 0 Å². The van der Waals surface area contributed by atoms with Crippen molar-refractivity contribution in [3.63, 3.8) is 0 Å². The molecule has 114 valence electrons. The van der Waals surface area contributed by atoms with Crippen LogP contribution in [0.25, 0.3) is 0 Å². The van der Waals surface area contributed by atoms with Crippen molar-refractivity contribution in [2.75, 3.05) is 20.3 Å². The van der Waals surface area contributed by atoms with Crippen molar-refractivity contribution in [2.45, 2.75) is 46.1 Å². The van der Waals surface area contributed by atoms with E-state index in [4.69, 9.17) is 21.1 Å². The van der Waals surface area contributed by atoms with Crippen LogP contribution in [0.1, 0.15) is 51.6 Å². The summed E-state index contributed by atoms with van der Waals surface area (Å²) in [6.45, 7) is 7.32. The summed E-state index contributed by atoms with van der Waals surface area (Å²) in [6, 6.07) is 4.12. The first-order valence-electron chi connectivity index (χ1n) is 7.44.